The lowest BCUT2D eigenvalue weighted by atomic mass is 9.45. The van der Waals surface area contributed by atoms with Crippen molar-refractivity contribution >= 4 is 34.4 Å². The molecule has 6 rings (SSSR count). The summed E-state index contributed by atoms with van der Waals surface area (Å²) in [5.41, 5.74) is 2.50. The van der Waals surface area contributed by atoms with Gasteiger partial charge in [-0.25, -0.2) is 9.59 Å². The number of nitrogens with zero attached hydrogens (tertiary/aromatic N) is 1. The Hall–Kier alpha value is -3.40. The molecule has 2 aromatic rings. The van der Waals surface area contributed by atoms with Gasteiger partial charge in [-0.1, -0.05) is 19.0 Å². The molecule has 3 N–H and O–H groups in total. The van der Waals surface area contributed by atoms with E-state index in [9.17, 15) is 19.5 Å². The number of nitrogens with one attached hydrogen (secondary N) is 2. The van der Waals surface area contributed by atoms with E-state index in [2.05, 4.69) is 29.6 Å². The van der Waals surface area contributed by atoms with E-state index in [1.54, 1.807) is 25.1 Å². The summed E-state index contributed by atoms with van der Waals surface area (Å²) in [6.45, 7) is 6.99. The first kappa shape index (κ1) is 31.6. The van der Waals surface area contributed by atoms with Crippen LogP contribution in [0.3, 0.4) is 0 Å². The van der Waals surface area contributed by atoms with Crippen LogP contribution in [0.4, 0.5) is 10.5 Å². The van der Waals surface area contributed by atoms with Crippen LogP contribution in [0.15, 0.2) is 38.6 Å². The van der Waals surface area contributed by atoms with Crippen molar-refractivity contribution in [2.45, 2.75) is 91.1 Å². The number of anilines is 1. The first-order chi connectivity index (χ1) is 21.6. The summed E-state index contributed by atoms with van der Waals surface area (Å²) in [7, 11) is 0. The zero-order chi connectivity index (χ0) is 31.8. The highest BCUT2D eigenvalue weighted by Crippen LogP contribution is 2.65. The summed E-state index contributed by atoms with van der Waals surface area (Å²) in [5.74, 6) is 2.42. The minimum absolute atomic E-state index is 0.0240. The van der Waals surface area contributed by atoms with Gasteiger partial charge in [0.25, 0.3) is 5.91 Å². The van der Waals surface area contributed by atoms with Gasteiger partial charge < -0.3 is 24.4 Å². The van der Waals surface area contributed by atoms with E-state index in [1.165, 1.54) is 25.3 Å². The fraction of sp³-hybridized carbons (Fsp3) is 0.657. The molecule has 10 nitrogen and oxygen atoms in total. The molecule has 0 bridgehead atoms. The van der Waals surface area contributed by atoms with E-state index in [-0.39, 0.29) is 30.6 Å². The Kier molecular flexibility index (Phi) is 8.96. The molecular formula is C35H47N3O7. The number of oxime groups is 1. The lowest BCUT2D eigenvalue weighted by molar-refractivity contribution is -0.125. The van der Waals surface area contributed by atoms with Crippen molar-refractivity contribution in [3.63, 3.8) is 0 Å². The molecule has 0 saturated heterocycles. The molecule has 244 valence electrons. The topological polar surface area (TPSA) is 139 Å². The van der Waals surface area contributed by atoms with Crippen LogP contribution in [-0.2, 0) is 20.8 Å². The Morgan fingerprint density at radius 1 is 1.09 bits per heavy atom. The molecule has 4 aliphatic carbocycles. The average Bonchev–Trinajstić information content (AvgIpc) is 3.33. The Morgan fingerprint density at radius 2 is 1.93 bits per heavy atom. The maximum Gasteiger partial charge on any atom is 0.411 e. The van der Waals surface area contributed by atoms with Gasteiger partial charge in [0.15, 0.2) is 6.61 Å². The molecule has 0 spiro atoms. The molecule has 45 heavy (non-hydrogen) atoms. The van der Waals surface area contributed by atoms with Crippen LogP contribution in [0.1, 0.15) is 84.1 Å². The third-order valence-corrected chi connectivity index (χ3v) is 11.8. The standard InChI is InChI=1S/C35H47N3O7/c1-4-43-33(42)37-23-6-8-25-21(17-32(41)45-29(25)19-23)13-16-36-31(40)20-44-38-30-10-9-27-26-7-5-22-18-24(39)11-14-34(22,2)28(26)12-15-35(27,30)3/h6,8,17,19,22,24,26-28,39H,4-5,7,9-16,18,20H2,1-3H3,(H,36,40)(H,37,42)/b38-30-/t22-,24+,26-,27-,28-,34-,35-/m0/s1. The molecule has 1 aromatic heterocycles. The molecule has 4 saturated carbocycles. The molecule has 0 aliphatic heterocycles. The second-order valence-electron chi connectivity index (χ2n) is 14.1. The molecule has 2 amide bonds. The van der Waals surface area contributed by atoms with Crippen molar-refractivity contribution < 1.29 is 28.7 Å². The van der Waals surface area contributed by atoms with Crippen LogP contribution in [0.5, 0.6) is 0 Å². The lowest BCUT2D eigenvalue weighted by Crippen LogP contribution is -2.54. The fourth-order valence-corrected chi connectivity index (χ4v) is 9.53. The number of ether oxygens (including phenoxy) is 1. The molecule has 1 aromatic carbocycles. The molecule has 10 heteroatoms. The van der Waals surface area contributed by atoms with Crippen molar-refractivity contribution in [2.24, 2.45) is 39.7 Å². The van der Waals surface area contributed by atoms with Crippen LogP contribution >= 0.6 is 0 Å². The first-order valence-corrected chi connectivity index (χ1v) is 16.8. The van der Waals surface area contributed by atoms with Gasteiger partial charge in [-0.15, -0.1) is 0 Å². The van der Waals surface area contributed by atoms with E-state index in [0.29, 0.717) is 47.4 Å². The van der Waals surface area contributed by atoms with E-state index < -0.39 is 11.7 Å². The molecule has 4 aliphatic rings. The van der Waals surface area contributed by atoms with Crippen LogP contribution in [-0.4, -0.2) is 48.7 Å². The fourth-order valence-electron chi connectivity index (χ4n) is 9.53. The second kappa shape index (κ2) is 12.8. The van der Waals surface area contributed by atoms with Gasteiger partial charge in [0.1, 0.15) is 5.58 Å². The van der Waals surface area contributed by atoms with E-state index in [4.69, 9.17) is 14.0 Å². The smallest absolute Gasteiger partial charge is 0.411 e. The number of carbonyl (C=O) groups is 2. The molecule has 7 atom stereocenters. The number of carbonyl (C=O) groups excluding carboxylic acids is 2. The Bertz CT molecular complexity index is 1520. The summed E-state index contributed by atoms with van der Waals surface area (Å²) in [6.07, 6.45) is 9.62. The van der Waals surface area contributed by atoms with E-state index >= 15 is 0 Å². The minimum atomic E-state index is -0.585. The van der Waals surface area contributed by atoms with Gasteiger partial charge in [0.05, 0.1) is 18.4 Å². The van der Waals surface area contributed by atoms with Gasteiger partial charge in [-0.3, -0.25) is 10.1 Å². The number of fused-ring (bicyclic) bond motifs is 6. The highest BCUT2D eigenvalue weighted by Gasteiger charge is 2.59. The zero-order valence-corrected chi connectivity index (χ0v) is 26.7. The number of rotatable bonds is 8. The SMILES string of the molecule is CCOC(=O)Nc1ccc2c(CCNC(=O)CO/N=C3/CC[C@H]4[C@@H]5CC[C@H]6C[C@H](O)CC[C@]6(C)[C@H]5CC[C@]34C)cc(=O)oc2c1. The van der Waals surface area contributed by atoms with Gasteiger partial charge in [-0.2, -0.15) is 0 Å². The Labute approximate surface area is 264 Å². The van der Waals surface area contributed by atoms with Gasteiger partial charge in [-0.05, 0) is 118 Å². The number of amides is 2. The summed E-state index contributed by atoms with van der Waals surface area (Å²) < 4.78 is 10.2. The number of benzene rings is 1. The third kappa shape index (κ3) is 6.22. The van der Waals surface area contributed by atoms with E-state index in [1.807, 2.05) is 0 Å². The van der Waals surface area contributed by atoms with Crippen molar-refractivity contribution in [2.75, 3.05) is 25.1 Å². The number of aliphatic hydroxyl groups is 1. The summed E-state index contributed by atoms with van der Waals surface area (Å²) in [6, 6.07) is 6.48. The summed E-state index contributed by atoms with van der Waals surface area (Å²) >= 11 is 0. The van der Waals surface area contributed by atoms with Crippen molar-refractivity contribution in [1.29, 1.82) is 0 Å². The molecule has 0 radical (unpaired) electrons. The van der Waals surface area contributed by atoms with Crippen LogP contribution in [0.25, 0.3) is 11.0 Å². The summed E-state index contributed by atoms with van der Waals surface area (Å²) in [4.78, 5) is 42.2. The highest BCUT2D eigenvalue weighted by atomic mass is 16.6. The zero-order valence-electron chi connectivity index (χ0n) is 26.7. The van der Waals surface area contributed by atoms with Crippen molar-refractivity contribution in [3.05, 3.63) is 40.2 Å². The minimum Gasteiger partial charge on any atom is -0.450 e. The van der Waals surface area contributed by atoms with Gasteiger partial charge in [0.2, 0.25) is 0 Å². The monoisotopic (exact) mass is 621 g/mol. The van der Waals surface area contributed by atoms with Crippen LogP contribution in [0, 0.1) is 34.5 Å². The summed E-state index contributed by atoms with van der Waals surface area (Å²) in [5, 5.41) is 21.1. The maximum atomic E-state index is 12.6. The van der Waals surface area contributed by atoms with Crippen molar-refractivity contribution in [3.8, 4) is 0 Å². The normalized spacial score (nSPS) is 33.2. The van der Waals surface area contributed by atoms with Gasteiger partial charge >= 0.3 is 11.7 Å². The number of hydrogen-bond donors (Lipinski definition) is 3. The predicted octanol–water partition coefficient (Wildman–Crippen LogP) is 5.80. The molecular weight excluding hydrogens is 574 g/mol. The Balaban J connectivity index is 1.01. The third-order valence-electron chi connectivity index (χ3n) is 11.8. The number of hydrogen-bond acceptors (Lipinski definition) is 8. The quantitative estimate of drug-likeness (QED) is 0.250. The molecule has 0 unspecified atom stereocenters. The highest BCUT2D eigenvalue weighted by molar-refractivity contribution is 5.92. The van der Waals surface area contributed by atoms with Crippen LogP contribution < -0.4 is 16.3 Å². The maximum absolute atomic E-state index is 12.6. The van der Waals surface area contributed by atoms with Crippen LogP contribution in [0.2, 0.25) is 0 Å². The predicted molar refractivity (Wildman–Crippen MR) is 171 cm³/mol. The Morgan fingerprint density at radius 3 is 2.76 bits per heavy atom. The average molecular weight is 622 g/mol. The lowest BCUT2D eigenvalue weighted by Gasteiger charge is -2.60. The van der Waals surface area contributed by atoms with E-state index in [0.717, 1.165) is 61.1 Å². The largest absolute Gasteiger partial charge is 0.450 e. The second-order valence-corrected chi connectivity index (χ2v) is 14.1. The first-order valence-electron chi connectivity index (χ1n) is 16.8. The van der Waals surface area contributed by atoms with Gasteiger partial charge in [0, 0.05) is 35.2 Å². The molecule has 1 heterocycles. The van der Waals surface area contributed by atoms with Crippen molar-refractivity contribution in [1.82, 2.24) is 5.32 Å². The number of aliphatic hydroxyl groups excluding tert-OH is 1. The molecule has 4 fully saturated rings.